The van der Waals surface area contributed by atoms with Crippen molar-refractivity contribution in [1.82, 2.24) is 0 Å². The fourth-order valence-corrected chi connectivity index (χ4v) is 2.81. The Hall–Kier alpha value is -1.06. The molecule has 0 aliphatic carbocycles. The van der Waals surface area contributed by atoms with Gasteiger partial charge in [0, 0.05) is 6.54 Å². The van der Waals surface area contributed by atoms with Crippen molar-refractivity contribution in [2.24, 2.45) is 5.73 Å². The molecule has 20 heavy (non-hydrogen) atoms. The molecule has 0 aliphatic heterocycles. The second kappa shape index (κ2) is 6.59. The fourth-order valence-electron chi connectivity index (χ4n) is 1.43. The van der Waals surface area contributed by atoms with Gasteiger partial charge < -0.3 is 5.73 Å². The summed E-state index contributed by atoms with van der Waals surface area (Å²) in [5.74, 6) is 0. The molecule has 1 aromatic rings. The van der Waals surface area contributed by atoms with Crippen LogP contribution in [-0.4, -0.2) is 15.2 Å². The molecule has 2 N–H and O–H groups in total. The highest BCUT2D eigenvalue weighted by Gasteiger charge is 2.38. The molecule has 6 nitrogen and oxygen atoms in total. The van der Waals surface area contributed by atoms with Gasteiger partial charge in [0.25, 0.3) is 10.1 Å². The molecule has 0 aliphatic rings. The summed E-state index contributed by atoms with van der Waals surface area (Å²) in [5.41, 5.74) is 3.61. The summed E-state index contributed by atoms with van der Waals surface area (Å²) in [6, 6.07) is 2.77. The Morgan fingerprint density at radius 2 is 1.95 bits per heavy atom. The van der Waals surface area contributed by atoms with E-state index >= 15 is 0 Å². The van der Waals surface area contributed by atoms with E-state index in [1.54, 1.807) is 0 Å². The Morgan fingerprint density at radius 3 is 2.45 bits per heavy atom. The lowest BCUT2D eigenvalue weighted by Gasteiger charge is -2.15. The molecule has 0 amide bonds. The molecular formula is C9H9F3NO5PS. The Kier molecular flexibility index (Phi) is 5.60. The summed E-state index contributed by atoms with van der Waals surface area (Å²) in [6.45, 7) is -1.41. The van der Waals surface area contributed by atoms with Gasteiger partial charge in [0.1, 0.15) is 4.90 Å². The van der Waals surface area contributed by atoms with Gasteiger partial charge >= 0.3 is 14.9 Å². The predicted molar refractivity (Wildman–Crippen MR) is 61.2 cm³/mol. The highest BCUT2D eigenvalue weighted by molar-refractivity contribution is 7.86. The zero-order valence-corrected chi connectivity index (χ0v) is 11.5. The average molecular weight is 331 g/mol. The highest BCUT2D eigenvalue weighted by atomic mass is 32.2. The SMILES string of the molecule is NCc1cccc(C(F)(F)F)c1S(=O)(=O)OCOP=O. The van der Waals surface area contributed by atoms with Crippen LogP contribution in [0, 0.1) is 0 Å². The molecule has 0 atom stereocenters. The molecule has 0 bridgehead atoms. The number of alkyl halides is 3. The maximum absolute atomic E-state index is 12.8. The highest BCUT2D eigenvalue weighted by Crippen LogP contribution is 2.36. The number of nitrogens with two attached hydrogens (primary N) is 1. The van der Waals surface area contributed by atoms with Crippen LogP contribution < -0.4 is 5.73 Å². The van der Waals surface area contributed by atoms with E-state index in [-0.39, 0.29) is 5.56 Å². The molecule has 0 spiro atoms. The topological polar surface area (TPSA) is 95.7 Å². The number of rotatable bonds is 6. The molecule has 0 unspecified atom stereocenters. The minimum absolute atomic E-state index is 0.250. The van der Waals surface area contributed by atoms with E-state index in [1.807, 2.05) is 0 Å². The van der Waals surface area contributed by atoms with E-state index in [9.17, 15) is 26.2 Å². The van der Waals surface area contributed by atoms with Crippen LogP contribution in [0.3, 0.4) is 0 Å². The van der Waals surface area contributed by atoms with Crippen LogP contribution in [0.2, 0.25) is 0 Å². The smallest absolute Gasteiger partial charge is 0.326 e. The first kappa shape index (κ1) is 17.0. The molecule has 0 radical (unpaired) electrons. The molecule has 112 valence electrons. The molecule has 1 aromatic carbocycles. The maximum atomic E-state index is 12.8. The summed E-state index contributed by atoms with van der Waals surface area (Å²) < 4.78 is 80.4. The lowest BCUT2D eigenvalue weighted by Crippen LogP contribution is -2.19. The third-order valence-corrected chi connectivity index (χ3v) is 3.78. The van der Waals surface area contributed by atoms with Crippen LogP contribution in [0.4, 0.5) is 13.2 Å². The minimum atomic E-state index is -4.89. The molecular weight excluding hydrogens is 322 g/mol. The van der Waals surface area contributed by atoms with Crippen molar-refractivity contribution in [3.8, 4) is 0 Å². The van der Waals surface area contributed by atoms with Crippen molar-refractivity contribution in [3.05, 3.63) is 29.3 Å². The molecule has 11 heteroatoms. The standard InChI is InChI=1S/C9H9F3NO5PS/c10-9(11,12)7-3-1-2-6(4-13)8(7)20(15,16)18-5-17-19-14/h1-3H,4-5,13H2. The quantitative estimate of drug-likeness (QED) is 0.371. The molecule has 0 aromatic heterocycles. The van der Waals surface area contributed by atoms with Crippen molar-refractivity contribution in [2.45, 2.75) is 17.6 Å². The monoisotopic (exact) mass is 331 g/mol. The van der Waals surface area contributed by atoms with Gasteiger partial charge in [-0.15, -0.1) is 0 Å². The molecule has 0 saturated carbocycles. The molecule has 0 fully saturated rings. The van der Waals surface area contributed by atoms with Crippen LogP contribution in [0.5, 0.6) is 0 Å². The normalized spacial score (nSPS) is 12.8. The van der Waals surface area contributed by atoms with Crippen molar-refractivity contribution < 1.29 is 34.9 Å². The summed E-state index contributed by atoms with van der Waals surface area (Å²) in [7, 11) is -5.62. The van der Waals surface area contributed by atoms with E-state index in [0.29, 0.717) is 6.07 Å². The van der Waals surface area contributed by atoms with Crippen LogP contribution >= 0.6 is 8.69 Å². The Balaban J connectivity index is 3.37. The zero-order chi connectivity index (χ0) is 15.4. The summed E-state index contributed by atoms with van der Waals surface area (Å²) in [5, 5.41) is 0. The van der Waals surface area contributed by atoms with Crippen LogP contribution in [-0.2, 0) is 36.1 Å². The van der Waals surface area contributed by atoms with E-state index in [0.717, 1.165) is 12.1 Å². The first-order valence-electron chi connectivity index (χ1n) is 4.97. The van der Waals surface area contributed by atoms with Gasteiger partial charge in [-0.3, -0.25) is 4.52 Å². The Morgan fingerprint density at radius 1 is 1.30 bits per heavy atom. The number of halogens is 3. The van der Waals surface area contributed by atoms with E-state index in [4.69, 9.17) is 5.73 Å². The third kappa shape index (κ3) is 3.97. The third-order valence-electron chi connectivity index (χ3n) is 2.18. The molecule has 1 rings (SSSR count). The average Bonchev–Trinajstić information content (AvgIpc) is 2.37. The summed E-state index contributed by atoms with van der Waals surface area (Å²) in [6.07, 6.45) is -4.89. The second-order valence-electron chi connectivity index (χ2n) is 3.39. The number of hydrogen-bond donors (Lipinski definition) is 1. The second-order valence-corrected chi connectivity index (χ2v) is 5.35. The van der Waals surface area contributed by atoms with Gasteiger partial charge in [0.15, 0.2) is 6.79 Å². The van der Waals surface area contributed by atoms with Gasteiger partial charge in [-0.05, 0) is 11.6 Å². The lowest BCUT2D eigenvalue weighted by atomic mass is 10.1. The molecule has 0 saturated heterocycles. The fraction of sp³-hybridized carbons (Fsp3) is 0.333. The lowest BCUT2D eigenvalue weighted by molar-refractivity contribution is -0.140. The minimum Gasteiger partial charge on any atom is -0.326 e. The Bertz CT molecular complexity index is 590. The van der Waals surface area contributed by atoms with E-state index in [2.05, 4.69) is 8.71 Å². The van der Waals surface area contributed by atoms with Gasteiger partial charge in [0.2, 0.25) is 0 Å². The van der Waals surface area contributed by atoms with Crippen LogP contribution in [0.15, 0.2) is 23.1 Å². The number of hydrogen-bond acceptors (Lipinski definition) is 6. The van der Waals surface area contributed by atoms with Crippen molar-refractivity contribution in [3.63, 3.8) is 0 Å². The predicted octanol–water partition coefficient (Wildman–Crippen LogP) is 2.05. The van der Waals surface area contributed by atoms with Gasteiger partial charge in [0.05, 0.1) is 5.56 Å². The van der Waals surface area contributed by atoms with Gasteiger partial charge in [-0.25, -0.2) is 8.75 Å². The zero-order valence-electron chi connectivity index (χ0n) is 9.75. The van der Waals surface area contributed by atoms with Gasteiger partial charge in [-0.2, -0.15) is 21.6 Å². The summed E-state index contributed by atoms with van der Waals surface area (Å²) >= 11 is 0. The first-order valence-corrected chi connectivity index (χ1v) is 7.11. The number of benzene rings is 1. The van der Waals surface area contributed by atoms with Crippen molar-refractivity contribution >= 4 is 18.8 Å². The van der Waals surface area contributed by atoms with Crippen LogP contribution in [0.1, 0.15) is 11.1 Å². The van der Waals surface area contributed by atoms with E-state index in [1.165, 1.54) is 0 Å². The van der Waals surface area contributed by atoms with Crippen molar-refractivity contribution in [2.75, 3.05) is 6.79 Å². The largest absolute Gasteiger partial charge is 0.417 e. The van der Waals surface area contributed by atoms with E-state index < -0.39 is 48.8 Å². The molecule has 0 heterocycles. The Labute approximate surface area is 114 Å². The maximum Gasteiger partial charge on any atom is 0.417 e. The first-order chi connectivity index (χ1) is 9.24. The van der Waals surface area contributed by atoms with Gasteiger partial charge in [-0.1, -0.05) is 12.1 Å². The van der Waals surface area contributed by atoms with Crippen molar-refractivity contribution in [1.29, 1.82) is 0 Å². The van der Waals surface area contributed by atoms with Crippen LogP contribution in [0.25, 0.3) is 0 Å². The summed E-state index contributed by atoms with van der Waals surface area (Å²) in [4.78, 5) is -1.07.